The molecule has 1 rings (SSSR count). The minimum Gasteiger partial charge on any atom is -0.462 e. The van der Waals surface area contributed by atoms with Crippen LogP contribution in [0.4, 0.5) is 0 Å². The van der Waals surface area contributed by atoms with Gasteiger partial charge in [-0.2, -0.15) is 9.59 Å². The number of benzene rings is 1. The second kappa shape index (κ2) is 10.3. The van der Waals surface area contributed by atoms with Crippen molar-refractivity contribution in [3.05, 3.63) is 35.9 Å². The number of carbonyl (C=O) groups excluding carboxylic acids is 4. The predicted molar refractivity (Wildman–Crippen MR) is 76.8 cm³/mol. The van der Waals surface area contributed by atoms with Gasteiger partial charge in [0.05, 0.1) is 11.0 Å². The molecule has 6 heteroatoms. The normalized spacial score (nSPS) is 9.77. The molecule has 22 heavy (non-hydrogen) atoms. The maximum absolute atomic E-state index is 11.6. The zero-order valence-electron chi connectivity index (χ0n) is 13.0. The molecule has 0 saturated heterocycles. The van der Waals surface area contributed by atoms with Crippen LogP contribution in [0.3, 0.4) is 0 Å². The second-order valence-corrected chi connectivity index (χ2v) is 4.96. The minimum absolute atomic E-state index is 0.0687. The van der Waals surface area contributed by atoms with E-state index in [-0.39, 0.29) is 25.3 Å². The van der Waals surface area contributed by atoms with Gasteiger partial charge < -0.3 is 9.47 Å². The summed E-state index contributed by atoms with van der Waals surface area (Å²) in [4.78, 5) is 39.5. The fourth-order valence-electron chi connectivity index (χ4n) is 1.27. The van der Waals surface area contributed by atoms with E-state index >= 15 is 0 Å². The number of esters is 2. The fraction of sp³-hybridized carbons (Fsp3) is 0.438. The Morgan fingerprint density at radius 3 is 2.05 bits per heavy atom. The Morgan fingerprint density at radius 2 is 1.55 bits per heavy atom. The molecule has 0 fully saturated rings. The smallest absolute Gasteiger partial charge is 0.373 e. The van der Waals surface area contributed by atoms with Crippen molar-refractivity contribution in [2.75, 3.05) is 13.2 Å². The van der Waals surface area contributed by atoms with E-state index in [2.05, 4.69) is 0 Å². The summed E-state index contributed by atoms with van der Waals surface area (Å²) in [6.45, 7) is 5.73. The van der Waals surface area contributed by atoms with Gasteiger partial charge in [-0.15, -0.1) is 0 Å². The summed E-state index contributed by atoms with van der Waals surface area (Å²) in [7, 11) is 0. The van der Waals surface area contributed by atoms with E-state index < -0.39 is 11.4 Å². The number of carbonyl (C=O) groups is 2. The van der Waals surface area contributed by atoms with Crippen LogP contribution in [0.2, 0.25) is 0 Å². The maximum atomic E-state index is 11.6. The highest BCUT2D eigenvalue weighted by molar-refractivity contribution is 5.89. The van der Waals surface area contributed by atoms with Crippen LogP contribution in [-0.4, -0.2) is 31.3 Å². The third-order valence-electron chi connectivity index (χ3n) is 3.00. The first-order valence-corrected chi connectivity index (χ1v) is 6.77. The first kappa shape index (κ1) is 19.5. The molecular weight excluding hydrogens is 288 g/mol. The van der Waals surface area contributed by atoms with E-state index in [0.717, 1.165) is 0 Å². The Hall–Kier alpha value is -2.46. The third-order valence-corrected chi connectivity index (χ3v) is 3.00. The number of ether oxygens (including phenoxy) is 2. The van der Waals surface area contributed by atoms with Crippen LogP contribution in [0.1, 0.15) is 37.6 Å². The van der Waals surface area contributed by atoms with E-state index in [1.807, 2.05) is 26.8 Å². The monoisotopic (exact) mass is 308 g/mol. The minimum atomic E-state index is -0.497. The summed E-state index contributed by atoms with van der Waals surface area (Å²) < 4.78 is 10.1. The Labute approximate surface area is 129 Å². The Bertz CT molecular complexity index is 501. The lowest BCUT2D eigenvalue weighted by atomic mass is 9.91. The SMILES string of the molecule is CCC(C)(C)C(=O)OCCOC(=O)c1ccccc1.O=C=O. The second-order valence-electron chi connectivity index (χ2n) is 4.96. The molecule has 0 aromatic heterocycles. The lowest BCUT2D eigenvalue weighted by molar-refractivity contribution is -0.191. The highest BCUT2D eigenvalue weighted by Crippen LogP contribution is 2.21. The summed E-state index contributed by atoms with van der Waals surface area (Å²) in [5.74, 6) is -0.683. The first-order valence-electron chi connectivity index (χ1n) is 6.77. The highest BCUT2D eigenvalue weighted by atomic mass is 16.6. The third kappa shape index (κ3) is 7.36. The summed E-state index contributed by atoms with van der Waals surface area (Å²) in [5.41, 5.74) is -0.00796. The molecule has 0 heterocycles. The molecule has 0 bridgehead atoms. The lowest BCUT2D eigenvalue weighted by Gasteiger charge is -2.20. The van der Waals surface area contributed by atoms with Crippen molar-refractivity contribution in [1.29, 1.82) is 0 Å². The Morgan fingerprint density at radius 1 is 1.05 bits per heavy atom. The molecule has 0 amide bonds. The molecule has 0 aliphatic carbocycles. The number of hydrogen-bond donors (Lipinski definition) is 0. The van der Waals surface area contributed by atoms with Gasteiger partial charge in [-0.1, -0.05) is 25.1 Å². The van der Waals surface area contributed by atoms with Crippen LogP contribution in [0.15, 0.2) is 30.3 Å². The van der Waals surface area contributed by atoms with Gasteiger partial charge in [-0.25, -0.2) is 4.79 Å². The van der Waals surface area contributed by atoms with Crippen molar-refractivity contribution in [2.45, 2.75) is 27.2 Å². The molecule has 0 spiro atoms. The van der Waals surface area contributed by atoms with Crippen LogP contribution in [-0.2, 0) is 23.9 Å². The molecule has 0 aliphatic rings. The fourth-order valence-corrected chi connectivity index (χ4v) is 1.27. The summed E-state index contributed by atoms with van der Waals surface area (Å²) in [5, 5.41) is 0. The van der Waals surface area contributed by atoms with Gasteiger partial charge in [0.25, 0.3) is 0 Å². The summed E-state index contributed by atoms with van der Waals surface area (Å²) in [6, 6.07) is 8.70. The molecule has 0 radical (unpaired) electrons. The van der Waals surface area contributed by atoms with Crippen LogP contribution in [0, 0.1) is 5.41 Å². The van der Waals surface area contributed by atoms with Crippen LogP contribution in [0.5, 0.6) is 0 Å². The van der Waals surface area contributed by atoms with Crippen LogP contribution < -0.4 is 0 Å². The summed E-state index contributed by atoms with van der Waals surface area (Å²) >= 11 is 0. The molecule has 0 saturated carbocycles. The maximum Gasteiger partial charge on any atom is 0.373 e. The molecule has 6 nitrogen and oxygen atoms in total. The van der Waals surface area contributed by atoms with Crippen molar-refractivity contribution in [3.63, 3.8) is 0 Å². The standard InChI is InChI=1S/C15H20O4.CO2/c1-4-15(2,3)14(17)19-11-10-18-13(16)12-8-6-5-7-9-12;2-1-3/h5-9H,4,10-11H2,1-3H3;. The summed E-state index contributed by atoms with van der Waals surface area (Å²) in [6.07, 6.45) is 0.954. The first-order chi connectivity index (χ1) is 10.4. The average molecular weight is 308 g/mol. The van der Waals surface area contributed by atoms with Gasteiger partial charge in [-0.3, -0.25) is 4.79 Å². The van der Waals surface area contributed by atoms with Crippen LogP contribution >= 0.6 is 0 Å². The molecule has 0 unspecified atom stereocenters. The van der Waals surface area contributed by atoms with Crippen molar-refractivity contribution in [1.82, 2.24) is 0 Å². The molecule has 0 atom stereocenters. The van der Waals surface area contributed by atoms with Crippen molar-refractivity contribution in [3.8, 4) is 0 Å². The van der Waals surface area contributed by atoms with E-state index in [1.165, 1.54) is 0 Å². The van der Waals surface area contributed by atoms with Crippen molar-refractivity contribution in [2.24, 2.45) is 5.41 Å². The van der Waals surface area contributed by atoms with Crippen molar-refractivity contribution >= 4 is 18.1 Å². The van der Waals surface area contributed by atoms with Gasteiger partial charge in [0.15, 0.2) is 0 Å². The molecule has 120 valence electrons. The van der Waals surface area contributed by atoms with Gasteiger partial charge in [0, 0.05) is 0 Å². The van der Waals surface area contributed by atoms with E-state index in [1.54, 1.807) is 24.3 Å². The molecule has 0 N–H and O–H groups in total. The molecule has 1 aromatic rings. The van der Waals surface area contributed by atoms with Gasteiger partial charge in [0.2, 0.25) is 0 Å². The zero-order chi connectivity index (χ0) is 17.0. The zero-order valence-corrected chi connectivity index (χ0v) is 13.0. The quantitative estimate of drug-likeness (QED) is 0.591. The average Bonchev–Trinajstić information content (AvgIpc) is 2.52. The lowest BCUT2D eigenvalue weighted by Crippen LogP contribution is -2.27. The van der Waals surface area contributed by atoms with E-state index in [0.29, 0.717) is 12.0 Å². The number of rotatable bonds is 6. The van der Waals surface area contributed by atoms with E-state index in [4.69, 9.17) is 19.1 Å². The van der Waals surface area contributed by atoms with Crippen LogP contribution in [0.25, 0.3) is 0 Å². The Balaban J connectivity index is 0.00000135. The molecular formula is C16H20O6. The molecule has 1 aromatic carbocycles. The molecule has 0 aliphatic heterocycles. The van der Waals surface area contributed by atoms with Gasteiger partial charge in [0.1, 0.15) is 13.2 Å². The predicted octanol–water partition coefficient (Wildman–Crippen LogP) is 2.24. The topological polar surface area (TPSA) is 86.7 Å². The van der Waals surface area contributed by atoms with Gasteiger partial charge >= 0.3 is 18.1 Å². The van der Waals surface area contributed by atoms with E-state index in [9.17, 15) is 9.59 Å². The van der Waals surface area contributed by atoms with Crippen molar-refractivity contribution < 1.29 is 28.7 Å². The largest absolute Gasteiger partial charge is 0.462 e. The Kier molecular flexibility index (Phi) is 9.14. The number of hydrogen-bond acceptors (Lipinski definition) is 6. The van der Waals surface area contributed by atoms with Gasteiger partial charge in [-0.05, 0) is 32.4 Å². The highest BCUT2D eigenvalue weighted by Gasteiger charge is 2.26.